The van der Waals surface area contributed by atoms with Crippen molar-refractivity contribution in [2.45, 2.75) is 31.1 Å². The predicted octanol–water partition coefficient (Wildman–Crippen LogP) is -0.236. The highest BCUT2D eigenvalue weighted by Gasteiger charge is 2.44. The molecule has 4 atom stereocenters. The second-order valence-corrected chi connectivity index (χ2v) is 6.62. The summed E-state index contributed by atoms with van der Waals surface area (Å²) in [5.74, 6) is 1.06. The van der Waals surface area contributed by atoms with E-state index < -0.39 is 31.1 Å². The molecule has 1 aliphatic heterocycles. The first-order valence-electron chi connectivity index (χ1n) is 8.93. The van der Waals surface area contributed by atoms with Crippen molar-refractivity contribution in [2.24, 2.45) is 0 Å². The molecule has 11 heteroatoms. The van der Waals surface area contributed by atoms with E-state index in [1.54, 1.807) is 12.1 Å². The largest absolute Gasteiger partial charge is 0.507 e. The molecule has 0 spiro atoms. The van der Waals surface area contributed by atoms with Gasteiger partial charge in [-0.3, -0.25) is 4.57 Å². The summed E-state index contributed by atoms with van der Waals surface area (Å²) < 4.78 is 12.1. The molecule has 1 aromatic carbocycles. The number of phenolic OH excluding ortho intramolecular Hbond substituents is 1. The number of ether oxygens (including phenoxy) is 2. The van der Waals surface area contributed by atoms with Crippen LogP contribution in [0.4, 0.5) is 5.82 Å². The number of benzene rings is 1. The standard InChI is InChI=1S/C18H21N5O6/c1-28-10-3-2-9(11(25)4-10)5-19-16-13-17(21-7-20-16)23(8-22-13)18-15(27)14(26)12(6-24)29-18/h2-4,7-8,12,14-15,18,24-27H,5-6H2,1H3,(H,19,20,21)/t12?,14-,15-,18?/m1/s1. The molecule has 29 heavy (non-hydrogen) atoms. The summed E-state index contributed by atoms with van der Waals surface area (Å²) in [6, 6.07) is 4.99. The van der Waals surface area contributed by atoms with Crippen molar-refractivity contribution in [3.63, 3.8) is 0 Å². The number of aliphatic hydroxyl groups excluding tert-OH is 3. The average Bonchev–Trinajstić information content (AvgIpc) is 3.28. The molecule has 5 N–H and O–H groups in total. The lowest BCUT2D eigenvalue weighted by Crippen LogP contribution is -2.33. The Morgan fingerprint density at radius 2 is 2.03 bits per heavy atom. The lowest BCUT2D eigenvalue weighted by atomic mass is 10.1. The van der Waals surface area contributed by atoms with Crippen LogP contribution < -0.4 is 10.1 Å². The zero-order valence-electron chi connectivity index (χ0n) is 15.5. The molecule has 3 heterocycles. The third-order valence-electron chi connectivity index (χ3n) is 4.89. The second-order valence-electron chi connectivity index (χ2n) is 6.62. The Hall–Kier alpha value is -2.99. The fourth-order valence-corrected chi connectivity index (χ4v) is 3.28. The number of imidazole rings is 1. The maximum absolute atomic E-state index is 10.3. The Bertz CT molecular complexity index is 1010. The smallest absolute Gasteiger partial charge is 0.167 e. The van der Waals surface area contributed by atoms with Crippen LogP contribution in [0.3, 0.4) is 0 Å². The summed E-state index contributed by atoms with van der Waals surface area (Å²) in [6.07, 6.45) is -1.55. The molecule has 1 fully saturated rings. The van der Waals surface area contributed by atoms with Crippen LogP contribution >= 0.6 is 0 Å². The van der Waals surface area contributed by atoms with Gasteiger partial charge in [0.15, 0.2) is 23.2 Å². The fourth-order valence-electron chi connectivity index (χ4n) is 3.28. The molecule has 2 aromatic heterocycles. The summed E-state index contributed by atoms with van der Waals surface area (Å²) in [4.78, 5) is 12.7. The molecule has 4 rings (SSSR count). The van der Waals surface area contributed by atoms with Gasteiger partial charge in [0.2, 0.25) is 0 Å². The van der Waals surface area contributed by atoms with Crippen LogP contribution in [-0.4, -0.2) is 72.0 Å². The number of hydrogen-bond acceptors (Lipinski definition) is 10. The van der Waals surface area contributed by atoms with E-state index in [0.29, 0.717) is 28.3 Å². The minimum Gasteiger partial charge on any atom is -0.507 e. The zero-order chi connectivity index (χ0) is 20.5. The lowest BCUT2D eigenvalue weighted by molar-refractivity contribution is -0.0511. The van der Waals surface area contributed by atoms with Gasteiger partial charge >= 0.3 is 0 Å². The Morgan fingerprint density at radius 3 is 2.72 bits per heavy atom. The van der Waals surface area contributed by atoms with Crippen molar-refractivity contribution in [1.82, 2.24) is 19.5 Å². The van der Waals surface area contributed by atoms with Gasteiger partial charge in [0.05, 0.1) is 20.0 Å². The van der Waals surface area contributed by atoms with Gasteiger partial charge in [-0.05, 0) is 12.1 Å². The van der Waals surface area contributed by atoms with Crippen LogP contribution in [0.2, 0.25) is 0 Å². The van der Waals surface area contributed by atoms with E-state index in [9.17, 15) is 20.4 Å². The third kappa shape index (κ3) is 3.44. The Labute approximate surface area is 165 Å². The minimum absolute atomic E-state index is 0.0826. The molecule has 3 aromatic rings. The number of hydrogen-bond donors (Lipinski definition) is 5. The van der Waals surface area contributed by atoms with Crippen LogP contribution in [0, 0.1) is 0 Å². The molecule has 1 aliphatic rings. The summed E-state index contributed by atoms with van der Waals surface area (Å²) in [7, 11) is 1.52. The van der Waals surface area contributed by atoms with Crippen LogP contribution in [0.5, 0.6) is 11.5 Å². The van der Waals surface area contributed by atoms with Crippen molar-refractivity contribution in [3.05, 3.63) is 36.4 Å². The summed E-state index contributed by atoms with van der Waals surface area (Å²) >= 11 is 0. The van der Waals surface area contributed by atoms with Crippen LogP contribution in [-0.2, 0) is 11.3 Å². The monoisotopic (exact) mass is 403 g/mol. The summed E-state index contributed by atoms with van der Waals surface area (Å²) in [6.45, 7) is -0.142. The summed E-state index contributed by atoms with van der Waals surface area (Å²) in [5.41, 5.74) is 1.45. The van der Waals surface area contributed by atoms with Crippen molar-refractivity contribution in [3.8, 4) is 11.5 Å². The van der Waals surface area contributed by atoms with E-state index in [1.807, 2.05) is 0 Å². The highest BCUT2D eigenvalue weighted by atomic mass is 16.6. The molecule has 0 bridgehead atoms. The molecule has 154 valence electrons. The van der Waals surface area contributed by atoms with Crippen LogP contribution in [0.15, 0.2) is 30.9 Å². The van der Waals surface area contributed by atoms with Crippen LogP contribution in [0.25, 0.3) is 11.2 Å². The molecule has 0 saturated carbocycles. The maximum Gasteiger partial charge on any atom is 0.167 e. The lowest BCUT2D eigenvalue weighted by Gasteiger charge is -2.16. The Kier molecular flexibility index (Phi) is 5.20. The number of aromatic nitrogens is 4. The normalized spacial score (nSPS) is 24.1. The number of aliphatic hydroxyl groups is 3. The summed E-state index contributed by atoms with van der Waals surface area (Å²) in [5, 5.41) is 42.7. The molecule has 11 nitrogen and oxygen atoms in total. The van der Waals surface area contributed by atoms with E-state index in [-0.39, 0.29) is 12.3 Å². The number of aromatic hydroxyl groups is 1. The van der Waals surface area contributed by atoms with E-state index in [1.165, 1.54) is 30.4 Å². The molecule has 2 unspecified atom stereocenters. The number of fused-ring (bicyclic) bond motifs is 1. The Morgan fingerprint density at radius 1 is 1.21 bits per heavy atom. The average molecular weight is 403 g/mol. The van der Waals surface area contributed by atoms with Gasteiger partial charge in [-0.15, -0.1) is 0 Å². The highest BCUT2D eigenvalue weighted by molar-refractivity contribution is 5.82. The van der Waals surface area contributed by atoms with E-state index in [0.717, 1.165) is 0 Å². The topological polar surface area (TPSA) is 155 Å². The van der Waals surface area contributed by atoms with Crippen molar-refractivity contribution >= 4 is 17.0 Å². The number of phenols is 1. The first-order chi connectivity index (χ1) is 14.0. The second kappa shape index (κ2) is 7.79. The fraction of sp³-hybridized carbons (Fsp3) is 0.389. The van der Waals surface area contributed by atoms with Crippen molar-refractivity contribution in [2.75, 3.05) is 19.0 Å². The van der Waals surface area contributed by atoms with Crippen molar-refractivity contribution < 1.29 is 29.9 Å². The predicted molar refractivity (Wildman–Crippen MR) is 100 cm³/mol. The molecular formula is C18H21N5O6. The minimum atomic E-state index is -1.24. The maximum atomic E-state index is 10.3. The highest BCUT2D eigenvalue weighted by Crippen LogP contribution is 2.32. The van der Waals surface area contributed by atoms with Gasteiger partial charge in [-0.2, -0.15) is 0 Å². The molecule has 1 saturated heterocycles. The Balaban J connectivity index is 1.58. The van der Waals surface area contributed by atoms with E-state index in [4.69, 9.17) is 9.47 Å². The molecule has 0 radical (unpaired) electrons. The van der Waals surface area contributed by atoms with Gasteiger partial charge in [0.1, 0.15) is 36.1 Å². The van der Waals surface area contributed by atoms with Gasteiger partial charge < -0.3 is 35.2 Å². The van der Waals surface area contributed by atoms with E-state index >= 15 is 0 Å². The van der Waals surface area contributed by atoms with Gasteiger partial charge in [0.25, 0.3) is 0 Å². The SMILES string of the molecule is COc1ccc(CNc2ncnc3c2ncn3C2OC(CO)[C@@H](O)[C@H]2O)c(O)c1. The van der Waals surface area contributed by atoms with Gasteiger partial charge in [-0.1, -0.05) is 0 Å². The first-order valence-corrected chi connectivity index (χ1v) is 8.93. The molecule has 0 amide bonds. The van der Waals surface area contributed by atoms with Gasteiger partial charge in [0, 0.05) is 18.2 Å². The quantitative estimate of drug-likeness (QED) is 0.372. The van der Waals surface area contributed by atoms with Crippen LogP contribution in [0.1, 0.15) is 11.8 Å². The number of anilines is 1. The number of nitrogens with zero attached hydrogens (tertiary/aromatic N) is 4. The van der Waals surface area contributed by atoms with Gasteiger partial charge in [-0.25, -0.2) is 15.0 Å². The molecular weight excluding hydrogens is 382 g/mol. The van der Waals surface area contributed by atoms with E-state index in [2.05, 4.69) is 20.3 Å². The zero-order valence-corrected chi connectivity index (χ0v) is 15.5. The third-order valence-corrected chi connectivity index (χ3v) is 4.89. The number of methoxy groups -OCH3 is 1. The molecule has 0 aliphatic carbocycles. The number of nitrogens with one attached hydrogen (secondary N) is 1. The number of rotatable bonds is 6. The van der Waals surface area contributed by atoms with Crippen molar-refractivity contribution in [1.29, 1.82) is 0 Å². The first kappa shape index (κ1) is 19.3.